The maximum Gasteiger partial charge on any atom is 1.00 e. The van der Waals surface area contributed by atoms with Gasteiger partial charge in [0, 0.05) is 5.69 Å². The molecular formula is C22H16Cl2N5NaO6S2. The number of nitrogens with zero attached hydrogens (tertiary/aromatic N) is 4. The number of benzene rings is 3. The minimum absolute atomic E-state index is 0. The number of carbonyl (C=O) groups excluding carboxylic acids is 1. The maximum atomic E-state index is 13.0. The van der Waals surface area contributed by atoms with Crippen LogP contribution < -0.4 is 39.3 Å². The number of rotatable bonds is 7. The zero-order valence-electron chi connectivity index (χ0n) is 19.7. The number of nitrogens with one attached hydrogen (secondary N) is 1. The molecule has 0 bridgehead atoms. The van der Waals surface area contributed by atoms with Crippen molar-refractivity contribution in [3.05, 3.63) is 76.8 Å². The fourth-order valence-electron chi connectivity index (χ4n) is 3.29. The van der Waals surface area contributed by atoms with Crippen LogP contribution in [-0.4, -0.2) is 39.0 Å². The molecule has 192 valence electrons. The van der Waals surface area contributed by atoms with Gasteiger partial charge in [0.2, 0.25) is 0 Å². The van der Waals surface area contributed by atoms with Gasteiger partial charge in [0.05, 0.1) is 36.9 Å². The monoisotopic (exact) mass is 603 g/mol. The van der Waals surface area contributed by atoms with Gasteiger partial charge in [-0.2, -0.15) is 20.3 Å². The molecule has 38 heavy (non-hydrogen) atoms. The zero-order valence-corrected chi connectivity index (χ0v) is 24.9. The average molecular weight is 604 g/mol. The number of carbonyl (C=O) groups is 1. The van der Waals surface area contributed by atoms with E-state index in [2.05, 4.69) is 20.1 Å². The largest absolute Gasteiger partial charge is 1.00 e. The molecule has 3 aromatic carbocycles. The molecule has 4 rings (SSSR count). The molecule has 1 N–H and O–H groups in total. The Hall–Kier alpha value is -2.36. The van der Waals surface area contributed by atoms with E-state index in [0.29, 0.717) is 5.69 Å². The summed E-state index contributed by atoms with van der Waals surface area (Å²) in [5.74, 6) is -0.675. The Morgan fingerprint density at radius 1 is 0.974 bits per heavy atom. The molecule has 0 aromatic heterocycles. The van der Waals surface area contributed by atoms with Crippen LogP contribution in [0, 0.1) is 0 Å². The van der Waals surface area contributed by atoms with Crippen molar-refractivity contribution in [2.24, 2.45) is 15.3 Å². The third-order valence-electron chi connectivity index (χ3n) is 5.04. The van der Waals surface area contributed by atoms with E-state index in [1.165, 1.54) is 31.2 Å². The molecule has 0 saturated heterocycles. The van der Waals surface area contributed by atoms with Crippen molar-refractivity contribution in [1.82, 2.24) is 0 Å². The molecule has 0 fully saturated rings. The molecule has 0 spiro atoms. The summed E-state index contributed by atoms with van der Waals surface area (Å²) in [7, 11) is -8.79. The van der Waals surface area contributed by atoms with E-state index < -0.39 is 42.0 Å². The van der Waals surface area contributed by atoms with Crippen LogP contribution in [0.15, 0.2) is 91.9 Å². The summed E-state index contributed by atoms with van der Waals surface area (Å²) in [6.07, 6.45) is 0. The minimum atomic E-state index is -4.89. The van der Waals surface area contributed by atoms with Gasteiger partial charge in [-0.25, -0.2) is 16.8 Å². The van der Waals surface area contributed by atoms with Crippen molar-refractivity contribution >= 4 is 72.0 Å². The van der Waals surface area contributed by atoms with Crippen LogP contribution in [0.5, 0.6) is 0 Å². The summed E-state index contributed by atoms with van der Waals surface area (Å²) in [5.41, 5.74) is 0.732. The smallest absolute Gasteiger partial charge is 0.744 e. The first-order valence-electron chi connectivity index (χ1n) is 10.3. The fourth-order valence-corrected chi connectivity index (χ4v) is 5.70. The summed E-state index contributed by atoms with van der Waals surface area (Å²) in [6.45, 7) is 1.51. The predicted octanol–water partition coefficient (Wildman–Crippen LogP) is 1.58. The zero-order chi connectivity index (χ0) is 27.0. The summed E-state index contributed by atoms with van der Waals surface area (Å²) in [5, 5.41) is 12.3. The molecule has 1 heterocycles. The Bertz CT molecular complexity index is 1670. The number of para-hydroxylation sites is 1. The first kappa shape index (κ1) is 30.2. The molecule has 1 unspecified atom stereocenters. The van der Waals surface area contributed by atoms with E-state index >= 15 is 0 Å². The molecule has 0 saturated carbocycles. The van der Waals surface area contributed by atoms with Gasteiger partial charge in [-0.1, -0.05) is 47.5 Å². The fraction of sp³-hybridized carbons (Fsp3) is 0.0909. The number of amides is 1. The van der Waals surface area contributed by atoms with Crippen LogP contribution in [0.1, 0.15) is 6.92 Å². The second-order valence-corrected chi connectivity index (χ2v) is 11.5. The molecule has 0 radical (unpaired) electrons. The minimum Gasteiger partial charge on any atom is -0.744 e. The molecule has 0 aliphatic carbocycles. The third-order valence-corrected chi connectivity index (χ3v) is 8.02. The van der Waals surface area contributed by atoms with E-state index in [1.54, 1.807) is 30.3 Å². The Balaban J connectivity index is 0.00000400. The van der Waals surface area contributed by atoms with Crippen molar-refractivity contribution in [2.45, 2.75) is 22.8 Å². The molecule has 16 heteroatoms. The van der Waals surface area contributed by atoms with E-state index in [0.717, 1.165) is 17.1 Å². The van der Waals surface area contributed by atoms with Gasteiger partial charge in [0.15, 0.2) is 6.04 Å². The summed E-state index contributed by atoms with van der Waals surface area (Å²) >= 11 is 12.0. The van der Waals surface area contributed by atoms with E-state index in [1.807, 2.05) is 0 Å². The third kappa shape index (κ3) is 6.61. The Kier molecular flexibility index (Phi) is 9.37. The molecule has 1 aliphatic rings. The molecule has 11 nitrogen and oxygen atoms in total. The van der Waals surface area contributed by atoms with E-state index in [-0.39, 0.29) is 56.6 Å². The second-order valence-electron chi connectivity index (χ2n) is 7.67. The number of azo groups is 1. The van der Waals surface area contributed by atoms with Crippen molar-refractivity contribution in [1.29, 1.82) is 0 Å². The summed E-state index contributed by atoms with van der Waals surface area (Å²) < 4.78 is 61.9. The molecule has 3 aromatic rings. The Morgan fingerprint density at radius 3 is 2.32 bits per heavy atom. The van der Waals surface area contributed by atoms with Crippen LogP contribution in [-0.2, 0) is 24.9 Å². The van der Waals surface area contributed by atoms with Crippen molar-refractivity contribution in [3.8, 4) is 0 Å². The topological polar surface area (TPSA) is 161 Å². The number of anilines is 2. The SMILES string of the molecule is CC1=NN(c2cc(Cl)c(S(=O)(=O)[O-])cc2Cl)C(=O)C1N=Nc1cccc(S(=O)(=O)Nc2ccccc2)c1.[Na+]. The van der Waals surface area contributed by atoms with Crippen molar-refractivity contribution < 1.29 is 55.7 Å². The van der Waals surface area contributed by atoms with Gasteiger partial charge in [0.1, 0.15) is 10.1 Å². The normalized spacial score (nSPS) is 15.9. The van der Waals surface area contributed by atoms with Crippen molar-refractivity contribution in [2.75, 3.05) is 9.73 Å². The summed E-state index contributed by atoms with van der Waals surface area (Å²) in [6, 6.07) is 14.7. The van der Waals surface area contributed by atoms with Gasteiger partial charge < -0.3 is 4.55 Å². The van der Waals surface area contributed by atoms with E-state index in [4.69, 9.17) is 23.2 Å². The van der Waals surface area contributed by atoms with Gasteiger partial charge in [-0.3, -0.25) is 9.52 Å². The predicted molar refractivity (Wildman–Crippen MR) is 137 cm³/mol. The van der Waals surface area contributed by atoms with Gasteiger partial charge in [-0.15, -0.1) is 0 Å². The first-order valence-corrected chi connectivity index (χ1v) is 13.9. The molecule has 1 aliphatic heterocycles. The van der Waals surface area contributed by atoms with Crippen molar-refractivity contribution in [3.63, 3.8) is 0 Å². The first-order chi connectivity index (χ1) is 17.4. The van der Waals surface area contributed by atoms with Gasteiger partial charge in [-0.05, 0) is 49.4 Å². The Morgan fingerprint density at radius 2 is 1.66 bits per heavy atom. The van der Waals surface area contributed by atoms with Crippen LogP contribution in [0.25, 0.3) is 0 Å². The standard InChI is InChI=1S/C22H17Cl2N5O6S2.Na/c1-13-21(22(30)29(27-13)19-11-18(24)20(12-17(19)23)37(33,34)35)26-25-15-8-5-9-16(10-15)36(31,32)28-14-6-3-2-4-7-14;/h2-12,21,28H,1H3,(H,33,34,35);/q;+1/p-1. The second kappa shape index (κ2) is 11.8. The molecule has 1 amide bonds. The number of sulfonamides is 1. The summed E-state index contributed by atoms with van der Waals surface area (Å²) in [4.78, 5) is 12.2. The average Bonchev–Trinajstić information content (AvgIpc) is 3.11. The molecular weight excluding hydrogens is 588 g/mol. The van der Waals surface area contributed by atoms with E-state index in [9.17, 15) is 26.2 Å². The number of halogens is 2. The van der Waals surface area contributed by atoms with Gasteiger partial charge >= 0.3 is 29.6 Å². The van der Waals surface area contributed by atoms with Gasteiger partial charge in [0.25, 0.3) is 15.9 Å². The number of hydrogen-bond donors (Lipinski definition) is 1. The van der Waals surface area contributed by atoms with Crippen LogP contribution in [0.2, 0.25) is 10.0 Å². The molecule has 1 atom stereocenters. The van der Waals surface area contributed by atoms with Crippen LogP contribution in [0.4, 0.5) is 17.1 Å². The quantitative estimate of drug-likeness (QED) is 0.245. The Labute approximate surface area is 250 Å². The number of hydrogen-bond acceptors (Lipinski definition) is 9. The van der Waals surface area contributed by atoms with Crippen LogP contribution >= 0.6 is 23.2 Å². The van der Waals surface area contributed by atoms with Crippen LogP contribution in [0.3, 0.4) is 0 Å². The number of hydrazone groups is 1. The maximum absolute atomic E-state index is 13.0.